The standard InChI is InChI=1S/C17H29N3OS.2ClH/c1-11(2)13-10-22-15(19-13)12-7-6-8-20(9-12)16(21)14(18)17(3,4)5;;/h10-12,14H,6-9,18H2,1-5H3;2*1H/t12?,14-;;/m1../s1. The van der Waals surface area contributed by atoms with E-state index < -0.39 is 6.04 Å². The number of nitrogens with zero attached hydrogens (tertiary/aromatic N) is 2. The van der Waals surface area contributed by atoms with E-state index in [0.29, 0.717) is 11.8 Å². The summed E-state index contributed by atoms with van der Waals surface area (Å²) in [7, 11) is 0. The molecule has 1 aromatic rings. The molecule has 1 aliphatic heterocycles. The molecule has 0 aromatic carbocycles. The molecule has 140 valence electrons. The first-order chi connectivity index (χ1) is 10.2. The predicted octanol–water partition coefficient (Wildman–Crippen LogP) is 4.19. The zero-order valence-electron chi connectivity index (χ0n) is 15.2. The highest BCUT2D eigenvalue weighted by Crippen LogP contribution is 2.31. The van der Waals surface area contributed by atoms with Gasteiger partial charge in [-0.25, -0.2) is 4.98 Å². The summed E-state index contributed by atoms with van der Waals surface area (Å²) in [5, 5.41) is 3.33. The molecule has 1 amide bonds. The molecule has 1 unspecified atom stereocenters. The molecule has 1 fully saturated rings. The van der Waals surface area contributed by atoms with Crippen LogP contribution in [0.5, 0.6) is 0 Å². The fourth-order valence-corrected chi connectivity index (χ4v) is 3.81. The molecule has 2 atom stereocenters. The van der Waals surface area contributed by atoms with Crippen molar-refractivity contribution in [3.05, 3.63) is 16.1 Å². The maximum absolute atomic E-state index is 12.6. The molecule has 2 rings (SSSR count). The highest BCUT2D eigenvalue weighted by Gasteiger charge is 2.34. The third-order valence-electron chi connectivity index (χ3n) is 4.41. The first kappa shape index (κ1) is 23.6. The number of thiazole rings is 1. The Bertz CT molecular complexity index is 528. The van der Waals surface area contributed by atoms with E-state index in [-0.39, 0.29) is 36.1 Å². The van der Waals surface area contributed by atoms with Gasteiger partial charge in [-0.15, -0.1) is 36.2 Å². The molecule has 0 bridgehead atoms. The number of likely N-dealkylation sites (tertiary alicyclic amines) is 1. The van der Waals surface area contributed by atoms with Gasteiger partial charge in [0.15, 0.2) is 0 Å². The Morgan fingerprint density at radius 2 is 2.00 bits per heavy atom. The molecule has 0 radical (unpaired) electrons. The molecule has 1 saturated heterocycles. The van der Waals surface area contributed by atoms with E-state index in [1.54, 1.807) is 11.3 Å². The third-order valence-corrected chi connectivity index (χ3v) is 5.44. The van der Waals surface area contributed by atoms with Gasteiger partial charge in [-0.3, -0.25) is 4.79 Å². The number of carbonyl (C=O) groups excluding carboxylic acids is 1. The van der Waals surface area contributed by atoms with E-state index in [9.17, 15) is 4.79 Å². The molecular formula is C17H31Cl2N3OS. The Kier molecular flexibility index (Phi) is 9.23. The van der Waals surface area contributed by atoms with E-state index >= 15 is 0 Å². The second-order valence-electron chi connectivity index (χ2n) is 7.73. The molecule has 1 aliphatic rings. The maximum Gasteiger partial charge on any atom is 0.240 e. The predicted molar refractivity (Wildman–Crippen MR) is 107 cm³/mol. The van der Waals surface area contributed by atoms with Gasteiger partial charge in [0, 0.05) is 24.4 Å². The summed E-state index contributed by atoms with van der Waals surface area (Å²) >= 11 is 1.73. The molecule has 0 aliphatic carbocycles. The van der Waals surface area contributed by atoms with Gasteiger partial charge in [-0.1, -0.05) is 34.6 Å². The van der Waals surface area contributed by atoms with E-state index in [0.717, 1.165) is 31.6 Å². The van der Waals surface area contributed by atoms with Gasteiger partial charge >= 0.3 is 0 Å². The molecule has 2 N–H and O–H groups in total. The van der Waals surface area contributed by atoms with Crippen molar-refractivity contribution in [1.29, 1.82) is 0 Å². The van der Waals surface area contributed by atoms with Crippen molar-refractivity contribution >= 4 is 42.1 Å². The number of rotatable bonds is 3. The van der Waals surface area contributed by atoms with Crippen LogP contribution in [0, 0.1) is 5.41 Å². The van der Waals surface area contributed by atoms with E-state index in [1.165, 1.54) is 5.01 Å². The maximum atomic E-state index is 12.6. The highest BCUT2D eigenvalue weighted by atomic mass is 35.5. The van der Waals surface area contributed by atoms with Crippen molar-refractivity contribution in [3.63, 3.8) is 0 Å². The van der Waals surface area contributed by atoms with Gasteiger partial charge < -0.3 is 10.6 Å². The van der Waals surface area contributed by atoms with Crippen LogP contribution in [0.3, 0.4) is 0 Å². The first-order valence-corrected chi connectivity index (χ1v) is 9.07. The van der Waals surface area contributed by atoms with E-state index in [4.69, 9.17) is 10.7 Å². The lowest BCUT2D eigenvalue weighted by atomic mass is 9.86. The van der Waals surface area contributed by atoms with Gasteiger partial charge in [0.1, 0.15) is 0 Å². The van der Waals surface area contributed by atoms with Gasteiger partial charge in [-0.2, -0.15) is 0 Å². The lowest BCUT2D eigenvalue weighted by Crippen LogP contribution is -2.52. The Balaban J connectivity index is 0.00000264. The number of nitrogens with two attached hydrogens (primary N) is 1. The van der Waals surface area contributed by atoms with Crippen LogP contribution in [0.25, 0.3) is 0 Å². The van der Waals surface area contributed by atoms with Crippen molar-refractivity contribution < 1.29 is 4.79 Å². The van der Waals surface area contributed by atoms with Crippen LogP contribution in [0.1, 0.15) is 70.0 Å². The van der Waals surface area contributed by atoms with Crippen LogP contribution in [0.2, 0.25) is 0 Å². The number of amides is 1. The van der Waals surface area contributed by atoms with Crippen LogP contribution in [0.4, 0.5) is 0 Å². The average Bonchev–Trinajstić information content (AvgIpc) is 2.95. The number of hydrogen-bond donors (Lipinski definition) is 1. The summed E-state index contributed by atoms with van der Waals surface area (Å²) in [5.74, 6) is 0.904. The van der Waals surface area contributed by atoms with Crippen LogP contribution in [-0.2, 0) is 4.79 Å². The van der Waals surface area contributed by atoms with Crippen LogP contribution < -0.4 is 5.73 Å². The molecule has 2 heterocycles. The Labute approximate surface area is 162 Å². The Morgan fingerprint density at radius 1 is 1.38 bits per heavy atom. The summed E-state index contributed by atoms with van der Waals surface area (Å²) < 4.78 is 0. The third kappa shape index (κ3) is 5.58. The summed E-state index contributed by atoms with van der Waals surface area (Å²) in [4.78, 5) is 19.3. The van der Waals surface area contributed by atoms with Gasteiger partial charge in [-0.05, 0) is 24.2 Å². The normalized spacial score (nSPS) is 19.5. The second-order valence-corrected chi connectivity index (χ2v) is 8.62. The number of aromatic nitrogens is 1. The number of piperidine rings is 1. The number of carbonyl (C=O) groups is 1. The number of halogens is 2. The van der Waals surface area contributed by atoms with Crippen molar-refractivity contribution in [2.45, 2.75) is 65.3 Å². The summed E-state index contributed by atoms with van der Waals surface area (Å²) in [6, 6.07) is -0.436. The second kappa shape index (κ2) is 9.37. The quantitative estimate of drug-likeness (QED) is 0.834. The average molecular weight is 396 g/mol. The zero-order chi connectivity index (χ0) is 16.5. The smallest absolute Gasteiger partial charge is 0.240 e. The van der Waals surface area contributed by atoms with E-state index in [2.05, 4.69) is 19.2 Å². The fraction of sp³-hybridized carbons (Fsp3) is 0.765. The van der Waals surface area contributed by atoms with Crippen LogP contribution in [-0.4, -0.2) is 34.9 Å². The minimum Gasteiger partial charge on any atom is -0.341 e. The minimum atomic E-state index is -0.436. The topological polar surface area (TPSA) is 59.2 Å². The Morgan fingerprint density at radius 3 is 2.50 bits per heavy atom. The highest BCUT2D eigenvalue weighted by molar-refractivity contribution is 7.09. The Hall–Kier alpha value is -0.360. The SMILES string of the molecule is CC(C)c1csc(C2CCCN(C(=O)[C@@H](N)C(C)(C)C)C2)n1.Cl.Cl. The molecule has 4 nitrogen and oxygen atoms in total. The summed E-state index contributed by atoms with van der Waals surface area (Å²) in [6.07, 6.45) is 2.14. The van der Waals surface area contributed by atoms with Gasteiger partial charge in [0.05, 0.1) is 16.7 Å². The van der Waals surface area contributed by atoms with Crippen molar-refractivity contribution in [3.8, 4) is 0 Å². The molecule has 0 spiro atoms. The zero-order valence-corrected chi connectivity index (χ0v) is 17.7. The largest absolute Gasteiger partial charge is 0.341 e. The number of hydrogen-bond acceptors (Lipinski definition) is 4. The van der Waals surface area contributed by atoms with Gasteiger partial charge in [0.25, 0.3) is 0 Å². The fourth-order valence-electron chi connectivity index (χ4n) is 2.70. The lowest BCUT2D eigenvalue weighted by Gasteiger charge is -2.36. The first-order valence-electron chi connectivity index (χ1n) is 8.20. The molecule has 7 heteroatoms. The van der Waals surface area contributed by atoms with E-state index in [1.807, 2.05) is 25.7 Å². The van der Waals surface area contributed by atoms with Crippen molar-refractivity contribution in [2.75, 3.05) is 13.1 Å². The minimum absolute atomic E-state index is 0. The van der Waals surface area contributed by atoms with Crippen LogP contribution >= 0.6 is 36.2 Å². The molecular weight excluding hydrogens is 365 g/mol. The molecule has 24 heavy (non-hydrogen) atoms. The summed E-state index contributed by atoms with van der Waals surface area (Å²) in [5.41, 5.74) is 7.11. The lowest BCUT2D eigenvalue weighted by molar-refractivity contribution is -0.136. The molecule has 0 saturated carbocycles. The monoisotopic (exact) mass is 395 g/mol. The van der Waals surface area contributed by atoms with Crippen molar-refractivity contribution in [1.82, 2.24) is 9.88 Å². The van der Waals surface area contributed by atoms with Gasteiger partial charge in [0.2, 0.25) is 5.91 Å². The van der Waals surface area contributed by atoms with Crippen LogP contribution in [0.15, 0.2) is 5.38 Å². The van der Waals surface area contributed by atoms with Crippen molar-refractivity contribution in [2.24, 2.45) is 11.1 Å². The molecule has 1 aromatic heterocycles. The summed E-state index contributed by atoms with van der Waals surface area (Å²) in [6.45, 7) is 12.0.